The highest BCUT2D eigenvalue weighted by molar-refractivity contribution is 6.42. The number of halogens is 2. The van der Waals surface area contributed by atoms with Gasteiger partial charge in [-0.3, -0.25) is 4.79 Å². The van der Waals surface area contributed by atoms with Crippen molar-refractivity contribution >= 4 is 40.9 Å². The second-order valence-electron chi connectivity index (χ2n) is 5.41. The van der Waals surface area contributed by atoms with Crippen LogP contribution in [0, 0.1) is 0 Å². The van der Waals surface area contributed by atoms with Crippen LogP contribution in [0.5, 0.6) is 11.5 Å². The van der Waals surface area contributed by atoms with E-state index in [0.29, 0.717) is 27.2 Å². The van der Waals surface area contributed by atoms with Gasteiger partial charge in [-0.25, -0.2) is 0 Å². The van der Waals surface area contributed by atoms with Crippen LogP contribution >= 0.6 is 23.2 Å². The summed E-state index contributed by atoms with van der Waals surface area (Å²) in [5.41, 5.74) is 1.36. The molecule has 0 heterocycles. The molecule has 0 saturated carbocycles. The van der Waals surface area contributed by atoms with Crippen LogP contribution in [0.15, 0.2) is 78.9 Å². The topological polar surface area (TPSA) is 38.3 Å². The summed E-state index contributed by atoms with van der Waals surface area (Å²) in [7, 11) is 0. The van der Waals surface area contributed by atoms with E-state index in [2.05, 4.69) is 5.32 Å². The lowest BCUT2D eigenvalue weighted by Crippen LogP contribution is -2.08. The molecular formula is C21H15Cl2NO2. The van der Waals surface area contributed by atoms with Crippen molar-refractivity contribution in [2.75, 3.05) is 5.32 Å². The van der Waals surface area contributed by atoms with Crippen LogP contribution in [0.2, 0.25) is 10.0 Å². The SMILES string of the molecule is O=C(/C=C/c1ccc(Cl)c(Cl)c1)Nc1ccccc1Oc1ccccc1. The highest BCUT2D eigenvalue weighted by Gasteiger charge is 2.06. The average Bonchev–Trinajstić information content (AvgIpc) is 2.65. The molecule has 26 heavy (non-hydrogen) atoms. The second kappa shape index (κ2) is 8.56. The maximum atomic E-state index is 12.2. The summed E-state index contributed by atoms with van der Waals surface area (Å²) in [6.07, 6.45) is 3.09. The first-order valence-electron chi connectivity index (χ1n) is 7.88. The quantitative estimate of drug-likeness (QED) is 0.514. The van der Waals surface area contributed by atoms with Crippen LogP contribution in [0.25, 0.3) is 6.08 Å². The number of carbonyl (C=O) groups excluding carboxylic acids is 1. The summed E-state index contributed by atoms with van der Waals surface area (Å²) in [5, 5.41) is 3.73. The fourth-order valence-electron chi connectivity index (χ4n) is 2.24. The molecule has 0 aliphatic rings. The van der Waals surface area contributed by atoms with Crippen molar-refractivity contribution in [1.29, 1.82) is 0 Å². The van der Waals surface area contributed by atoms with Gasteiger partial charge in [0, 0.05) is 6.08 Å². The molecule has 5 heteroatoms. The molecule has 0 bridgehead atoms. The highest BCUT2D eigenvalue weighted by Crippen LogP contribution is 2.29. The second-order valence-corrected chi connectivity index (χ2v) is 6.22. The summed E-state index contributed by atoms with van der Waals surface area (Å²) >= 11 is 11.9. The molecule has 0 saturated heterocycles. The van der Waals surface area contributed by atoms with E-state index in [1.807, 2.05) is 42.5 Å². The summed E-state index contributed by atoms with van der Waals surface area (Å²) in [6, 6.07) is 21.8. The van der Waals surface area contributed by atoms with Crippen molar-refractivity contribution in [2.24, 2.45) is 0 Å². The number of amides is 1. The number of benzene rings is 3. The Morgan fingerprint density at radius 3 is 2.38 bits per heavy atom. The molecular weight excluding hydrogens is 369 g/mol. The van der Waals surface area contributed by atoms with Crippen molar-refractivity contribution in [1.82, 2.24) is 0 Å². The molecule has 130 valence electrons. The predicted molar refractivity (Wildman–Crippen MR) is 107 cm³/mol. The maximum absolute atomic E-state index is 12.2. The molecule has 0 aliphatic heterocycles. The van der Waals surface area contributed by atoms with Gasteiger partial charge in [-0.05, 0) is 48.0 Å². The van der Waals surface area contributed by atoms with Crippen molar-refractivity contribution in [3.05, 3.63) is 94.5 Å². The Balaban J connectivity index is 1.71. The summed E-state index contributed by atoms with van der Waals surface area (Å²) in [6.45, 7) is 0. The molecule has 0 fully saturated rings. The lowest BCUT2D eigenvalue weighted by Gasteiger charge is -2.11. The van der Waals surface area contributed by atoms with Gasteiger partial charge in [0.2, 0.25) is 5.91 Å². The van der Waals surface area contributed by atoms with Gasteiger partial charge in [-0.2, -0.15) is 0 Å². The van der Waals surface area contributed by atoms with Gasteiger partial charge in [0.1, 0.15) is 5.75 Å². The lowest BCUT2D eigenvalue weighted by atomic mass is 10.2. The molecule has 3 rings (SSSR count). The molecule has 0 unspecified atom stereocenters. The molecule has 3 aromatic carbocycles. The first-order valence-corrected chi connectivity index (χ1v) is 8.63. The zero-order chi connectivity index (χ0) is 18.4. The maximum Gasteiger partial charge on any atom is 0.248 e. The molecule has 0 atom stereocenters. The van der Waals surface area contributed by atoms with E-state index in [9.17, 15) is 4.79 Å². The largest absolute Gasteiger partial charge is 0.455 e. The average molecular weight is 384 g/mol. The van der Waals surface area contributed by atoms with Crippen LogP contribution in [-0.2, 0) is 4.79 Å². The third kappa shape index (κ3) is 4.88. The van der Waals surface area contributed by atoms with Gasteiger partial charge in [-0.15, -0.1) is 0 Å². The monoisotopic (exact) mass is 383 g/mol. The van der Waals surface area contributed by atoms with Gasteiger partial charge in [0.25, 0.3) is 0 Å². The van der Waals surface area contributed by atoms with E-state index < -0.39 is 0 Å². The lowest BCUT2D eigenvalue weighted by molar-refractivity contribution is -0.111. The Labute approximate surface area is 161 Å². The molecule has 3 aromatic rings. The van der Waals surface area contributed by atoms with Crippen LogP contribution in [0.1, 0.15) is 5.56 Å². The van der Waals surface area contributed by atoms with Crippen molar-refractivity contribution < 1.29 is 9.53 Å². The van der Waals surface area contributed by atoms with Gasteiger partial charge < -0.3 is 10.1 Å². The van der Waals surface area contributed by atoms with Gasteiger partial charge in [-0.1, -0.05) is 59.6 Å². The van der Waals surface area contributed by atoms with Crippen molar-refractivity contribution in [2.45, 2.75) is 0 Å². The molecule has 0 radical (unpaired) electrons. The minimum Gasteiger partial charge on any atom is -0.455 e. The first-order chi connectivity index (χ1) is 12.6. The number of hydrogen-bond acceptors (Lipinski definition) is 2. The van der Waals surface area contributed by atoms with E-state index >= 15 is 0 Å². The van der Waals surface area contributed by atoms with Crippen LogP contribution in [0.3, 0.4) is 0 Å². The number of nitrogens with one attached hydrogen (secondary N) is 1. The normalized spacial score (nSPS) is 10.7. The van der Waals surface area contributed by atoms with Crippen molar-refractivity contribution in [3.8, 4) is 11.5 Å². The Bertz CT molecular complexity index is 940. The van der Waals surface area contributed by atoms with E-state index in [1.54, 1.807) is 36.4 Å². The van der Waals surface area contributed by atoms with E-state index in [-0.39, 0.29) is 5.91 Å². The smallest absolute Gasteiger partial charge is 0.248 e. The zero-order valence-corrected chi connectivity index (χ0v) is 15.2. The number of rotatable bonds is 5. The van der Waals surface area contributed by atoms with Crippen LogP contribution in [0.4, 0.5) is 5.69 Å². The molecule has 1 N–H and O–H groups in total. The van der Waals surface area contributed by atoms with Gasteiger partial charge in [0.05, 0.1) is 15.7 Å². The van der Waals surface area contributed by atoms with Gasteiger partial charge >= 0.3 is 0 Å². The number of hydrogen-bond donors (Lipinski definition) is 1. The minimum absolute atomic E-state index is 0.278. The Hall–Kier alpha value is -2.75. The summed E-state index contributed by atoms with van der Waals surface area (Å²) in [4.78, 5) is 12.2. The number of carbonyl (C=O) groups is 1. The van der Waals surface area contributed by atoms with E-state index in [1.165, 1.54) is 6.08 Å². The summed E-state index contributed by atoms with van der Waals surface area (Å²) in [5.74, 6) is 0.982. The number of ether oxygens (including phenoxy) is 1. The predicted octanol–water partition coefficient (Wildman–Crippen LogP) is 6.44. The van der Waals surface area contributed by atoms with Crippen LogP contribution in [-0.4, -0.2) is 5.91 Å². The van der Waals surface area contributed by atoms with Crippen LogP contribution < -0.4 is 10.1 Å². The molecule has 3 nitrogen and oxygen atoms in total. The molecule has 0 aliphatic carbocycles. The Morgan fingerprint density at radius 2 is 1.62 bits per heavy atom. The summed E-state index contributed by atoms with van der Waals surface area (Å²) < 4.78 is 5.83. The minimum atomic E-state index is -0.278. The Morgan fingerprint density at radius 1 is 0.885 bits per heavy atom. The third-order valence-electron chi connectivity index (χ3n) is 3.49. The van der Waals surface area contributed by atoms with Gasteiger partial charge in [0.15, 0.2) is 5.75 Å². The molecule has 0 spiro atoms. The Kier molecular flexibility index (Phi) is 5.95. The fraction of sp³-hybridized carbons (Fsp3) is 0. The number of anilines is 1. The standard InChI is InChI=1S/C21H15Cl2NO2/c22-17-12-10-15(14-18(17)23)11-13-21(25)24-19-8-4-5-9-20(19)26-16-6-2-1-3-7-16/h1-14H,(H,24,25)/b13-11+. The first kappa shape index (κ1) is 18.1. The van der Waals surface area contributed by atoms with E-state index in [0.717, 1.165) is 5.56 Å². The van der Waals surface area contributed by atoms with E-state index in [4.69, 9.17) is 27.9 Å². The zero-order valence-electron chi connectivity index (χ0n) is 13.7. The number of para-hydroxylation sites is 3. The molecule has 0 aromatic heterocycles. The third-order valence-corrected chi connectivity index (χ3v) is 4.23. The highest BCUT2D eigenvalue weighted by atomic mass is 35.5. The van der Waals surface area contributed by atoms with Crippen molar-refractivity contribution in [3.63, 3.8) is 0 Å². The fourth-order valence-corrected chi connectivity index (χ4v) is 2.54. The molecule has 1 amide bonds.